The van der Waals surface area contributed by atoms with E-state index in [0.29, 0.717) is 31.4 Å². The molecule has 3 aromatic rings. The Labute approximate surface area is 195 Å². The van der Waals surface area contributed by atoms with Gasteiger partial charge in [0.1, 0.15) is 6.23 Å². The molecular weight excluding hydrogens is 416 g/mol. The fourth-order valence-corrected chi connectivity index (χ4v) is 4.52. The van der Waals surface area contributed by atoms with Crippen molar-refractivity contribution in [1.82, 2.24) is 15.2 Å². The number of hydrogen-bond acceptors (Lipinski definition) is 4. The lowest BCUT2D eigenvalue weighted by Gasteiger charge is -2.39. The first kappa shape index (κ1) is 23.3. The number of aromatic amines is 1. The van der Waals surface area contributed by atoms with Gasteiger partial charge in [-0.1, -0.05) is 56.2 Å². The maximum Gasteiger partial charge on any atom is 0.411 e. The molecule has 0 saturated carbocycles. The van der Waals surface area contributed by atoms with Crippen LogP contribution in [-0.4, -0.2) is 59.5 Å². The van der Waals surface area contributed by atoms with Gasteiger partial charge in [-0.05, 0) is 24.6 Å². The minimum Gasteiger partial charge on any atom is -0.465 e. The van der Waals surface area contributed by atoms with Gasteiger partial charge in [0, 0.05) is 60.6 Å². The number of anilines is 1. The minimum absolute atomic E-state index is 0.0933. The number of unbranched alkanes of at least 4 members (excludes halogenated alkanes) is 1. The van der Waals surface area contributed by atoms with Crippen molar-refractivity contribution in [2.45, 2.75) is 45.1 Å². The number of carboxylic acid groups (broad SMARTS) is 1. The molecule has 7 nitrogen and oxygen atoms in total. The number of piperazine rings is 1. The number of nitrogens with zero attached hydrogens (tertiary/aromatic N) is 2. The van der Waals surface area contributed by atoms with Crippen LogP contribution in [0.5, 0.6) is 0 Å². The summed E-state index contributed by atoms with van der Waals surface area (Å²) in [5, 5.41) is 14.6. The maximum atomic E-state index is 11.9. The SMILES string of the molecule is CCCCC1CN(CCN(C(=O)O)c2ccccc2)CC(OCc2c[nH]c3ccccc23)N1. The Kier molecular flexibility index (Phi) is 7.99. The fourth-order valence-electron chi connectivity index (χ4n) is 4.52. The van der Waals surface area contributed by atoms with E-state index in [4.69, 9.17) is 4.74 Å². The standard InChI is InChI=1S/C26H34N4O3/c1-2-3-9-21-17-29(14-15-30(26(31)32)22-10-5-4-6-11-22)18-25(28-21)33-19-20-16-27-24-13-8-7-12-23(20)24/h4-8,10-13,16,21,25,27-28H,2-3,9,14-15,17-19H2,1H3,(H,31,32). The van der Waals surface area contributed by atoms with Gasteiger partial charge in [-0.15, -0.1) is 0 Å². The smallest absolute Gasteiger partial charge is 0.411 e. The number of rotatable bonds is 10. The Bertz CT molecular complexity index is 1020. The van der Waals surface area contributed by atoms with Gasteiger partial charge in [0.05, 0.1) is 6.61 Å². The van der Waals surface area contributed by atoms with Crippen molar-refractivity contribution in [3.8, 4) is 0 Å². The summed E-state index contributed by atoms with van der Waals surface area (Å²) < 4.78 is 6.31. The van der Waals surface area contributed by atoms with Gasteiger partial charge >= 0.3 is 6.09 Å². The lowest BCUT2D eigenvalue weighted by molar-refractivity contribution is -0.0385. The normalized spacial score (nSPS) is 19.1. The summed E-state index contributed by atoms with van der Waals surface area (Å²) in [6.45, 7) is 5.45. The molecule has 7 heteroatoms. The molecule has 2 aromatic carbocycles. The molecule has 0 bridgehead atoms. The molecule has 3 N–H and O–H groups in total. The fraction of sp³-hybridized carbons (Fsp3) is 0.423. The number of benzene rings is 2. The van der Waals surface area contributed by atoms with Crippen LogP contribution in [0.2, 0.25) is 0 Å². The third-order valence-corrected chi connectivity index (χ3v) is 6.28. The van der Waals surface area contributed by atoms with Gasteiger partial charge in [0.25, 0.3) is 0 Å². The number of fused-ring (bicyclic) bond motifs is 1. The molecule has 1 fully saturated rings. The van der Waals surface area contributed by atoms with Crippen LogP contribution in [0.1, 0.15) is 31.7 Å². The predicted octanol–water partition coefficient (Wildman–Crippen LogP) is 4.66. The van der Waals surface area contributed by atoms with Gasteiger partial charge in [-0.2, -0.15) is 0 Å². The van der Waals surface area contributed by atoms with E-state index < -0.39 is 6.09 Å². The van der Waals surface area contributed by atoms with Crippen LogP contribution >= 0.6 is 0 Å². The number of para-hydroxylation sites is 2. The highest BCUT2D eigenvalue weighted by Gasteiger charge is 2.27. The van der Waals surface area contributed by atoms with Gasteiger partial charge in [-0.25, -0.2) is 4.79 Å². The summed E-state index contributed by atoms with van der Waals surface area (Å²) in [5.41, 5.74) is 2.97. The number of H-pyrrole nitrogens is 1. The summed E-state index contributed by atoms with van der Waals surface area (Å²) in [5.74, 6) is 0. The van der Waals surface area contributed by atoms with E-state index >= 15 is 0 Å². The number of ether oxygens (including phenoxy) is 1. The summed E-state index contributed by atoms with van der Waals surface area (Å²) in [6.07, 6.45) is 4.40. The molecule has 1 aromatic heterocycles. The molecule has 1 saturated heterocycles. The monoisotopic (exact) mass is 450 g/mol. The van der Waals surface area contributed by atoms with Crippen molar-refractivity contribution >= 4 is 22.7 Å². The van der Waals surface area contributed by atoms with Crippen LogP contribution in [0.25, 0.3) is 10.9 Å². The molecule has 2 atom stereocenters. The lowest BCUT2D eigenvalue weighted by Crippen LogP contribution is -2.58. The van der Waals surface area contributed by atoms with E-state index in [1.54, 1.807) is 0 Å². The highest BCUT2D eigenvalue weighted by Crippen LogP contribution is 2.20. The minimum atomic E-state index is -0.925. The molecule has 1 amide bonds. The number of amides is 1. The average Bonchev–Trinajstić information content (AvgIpc) is 3.25. The second kappa shape index (κ2) is 11.3. The van der Waals surface area contributed by atoms with Crippen molar-refractivity contribution in [3.63, 3.8) is 0 Å². The Morgan fingerprint density at radius 3 is 2.73 bits per heavy atom. The first-order valence-corrected chi connectivity index (χ1v) is 11.8. The zero-order valence-electron chi connectivity index (χ0n) is 19.2. The maximum absolute atomic E-state index is 11.9. The van der Waals surface area contributed by atoms with E-state index in [0.717, 1.165) is 43.4 Å². The second-order valence-corrected chi connectivity index (χ2v) is 8.69. The van der Waals surface area contributed by atoms with Crippen LogP contribution in [-0.2, 0) is 11.3 Å². The Hall–Kier alpha value is -2.87. The highest BCUT2D eigenvalue weighted by atomic mass is 16.5. The van der Waals surface area contributed by atoms with Gasteiger partial charge in [-0.3, -0.25) is 15.1 Å². The van der Waals surface area contributed by atoms with Gasteiger partial charge < -0.3 is 14.8 Å². The Morgan fingerprint density at radius 1 is 1.15 bits per heavy atom. The number of nitrogens with one attached hydrogen (secondary N) is 2. The summed E-state index contributed by atoms with van der Waals surface area (Å²) in [6, 6.07) is 17.9. The molecule has 33 heavy (non-hydrogen) atoms. The number of hydrogen-bond donors (Lipinski definition) is 3. The Morgan fingerprint density at radius 2 is 1.94 bits per heavy atom. The van der Waals surface area contributed by atoms with Crippen molar-refractivity contribution in [2.24, 2.45) is 0 Å². The van der Waals surface area contributed by atoms with E-state index in [1.165, 1.54) is 10.3 Å². The molecule has 1 aliphatic rings. The first-order chi connectivity index (χ1) is 16.1. The molecular formula is C26H34N4O3. The van der Waals surface area contributed by atoms with E-state index in [9.17, 15) is 9.90 Å². The topological polar surface area (TPSA) is 80.8 Å². The van der Waals surface area contributed by atoms with E-state index in [1.807, 2.05) is 48.7 Å². The molecule has 0 spiro atoms. The van der Waals surface area contributed by atoms with Crippen molar-refractivity contribution < 1.29 is 14.6 Å². The van der Waals surface area contributed by atoms with Crippen LogP contribution in [0.4, 0.5) is 10.5 Å². The third kappa shape index (κ3) is 6.13. The summed E-state index contributed by atoms with van der Waals surface area (Å²) in [7, 11) is 0. The molecule has 0 radical (unpaired) electrons. The zero-order valence-corrected chi connectivity index (χ0v) is 19.2. The first-order valence-electron chi connectivity index (χ1n) is 11.8. The van der Waals surface area contributed by atoms with Gasteiger partial charge in [0.15, 0.2) is 0 Å². The number of carbonyl (C=O) groups is 1. The molecule has 1 aliphatic heterocycles. The zero-order chi connectivity index (χ0) is 23.0. The Balaban J connectivity index is 1.39. The lowest BCUT2D eigenvalue weighted by atomic mass is 10.1. The largest absolute Gasteiger partial charge is 0.465 e. The average molecular weight is 451 g/mol. The highest BCUT2D eigenvalue weighted by molar-refractivity contribution is 5.86. The predicted molar refractivity (Wildman–Crippen MR) is 132 cm³/mol. The van der Waals surface area contributed by atoms with Crippen LogP contribution in [0.3, 0.4) is 0 Å². The van der Waals surface area contributed by atoms with E-state index in [2.05, 4.69) is 34.3 Å². The summed E-state index contributed by atoms with van der Waals surface area (Å²) >= 11 is 0. The molecule has 2 heterocycles. The third-order valence-electron chi connectivity index (χ3n) is 6.28. The van der Waals surface area contributed by atoms with Crippen molar-refractivity contribution in [1.29, 1.82) is 0 Å². The molecule has 0 aliphatic carbocycles. The quantitative estimate of drug-likeness (QED) is 0.419. The van der Waals surface area contributed by atoms with Crippen LogP contribution < -0.4 is 10.2 Å². The molecule has 2 unspecified atom stereocenters. The van der Waals surface area contributed by atoms with Crippen molar-refractivity contribution in [2.75, 3.05) is 31.1 Å². The van der Waals surface area contributed by atoms with Crippen molar-refractivity contribution in [3.05, 3.63) is 66.4 Å². The van der Waals surface area contributed by atoms with E-state index in [-0.39, 0.29) is 6.23 Å². The second-order valence-electron chi connectivity index (χ2n) is 8.69. The van der Waals surface area contributed by atoms with Crippen LogP contribution in [0.15, 0.2) is 60.8 Å². The van der Waals surface area contributed by atoms with Crippen LogP contribution in [0, 0.1) is 0 Å². The molecule has 4 rings (SSSR count). The molecule has 176 valence electrons. The summed E-state index contributed by atoms with van der Waals surface area (Å²) in [4.78, 5) is 18.9. The van der Waals surface area contributed by atoms with Gasteiger partial charge in [0.2, 0.25) is 0 Å². The number of aromatic nitrogens is 1.